The van der Waals surface area contributed by atoms with Crippen LogP contribution < -0.4 is 9.79 Å². The van der Waals surface area contributed by atoms with Crippen molar-refractivity contribution in [2.45, 2.75) is 0 Å². The molecule has 0 aliphatic rings. The monoisotopic (exact) mass is 268 g/mol. The smallest absolute Gasteiger partial charge is 0.789 e. The van der Waals surface area contributed by atoms with Gasteiger partial charge in [-0.3, -0.25) is 13.4 Å². The van der Waals surface area contributed by atoms with Crippen LogP contribution in [-0.4, -0.2) is 14.2 Å². The van der Waals surface area contributed by atoms with Gasteiger partial charge in [0, 0.05) is 14.2 Å². The van der Waals surface area contributed by atoms with Crippen LogP contribution in [-0.2, 0) is 42.0 Å². The van der Waals surface area contributed by atoms with E-state index in [0.29, 0.717) is 0 Å². The molecule has 0 saturated heterocycles. The molecule has 0 aromatic rings. The van der Waals surface area contributed by atoms with Crippen LogP contribution in [0.25, 0.3) is 0 Å². The molecule has 0 unspecified atom stereocenters. The molecular formula is C2H6O7P2Zn. The molecule has 0 amide bonds. The summed E-state index contributed by atoms with van der Waals surface area (Å²) in [6.07, 6.45) is 0. The summed E-state index contributed by atoms with van der Waals surface area (Å²) in [5.41, 5.74) is 0. The summed E-state index contributed by atoms with van der Waals surface area (Å²) in [5, 5.41) is 0. The number of hydrogen-bond acceptors (Lipinski definition) is 7. The molecule has 68 valence electrons. The largest absolute Gasteiger partial charge is 2.00 e. The average Bonchev–Trinajstić information content (AvgIpc) is 1.84. The molecule has 0 fully saturated rings. The molecule has 0 bridgehead atoms. The van der Waals surface area contributed by atoms with Crippen molar-refractivity contribution < 1.29 is 51.8 Å². The number of hydrogen-bond donors (Lipinski definition) is 0. The average molecular weight is 269 g/mol. The Morgan fingerprint density at radius 2 is 1.42 bits per heavy atom. The van der Waals surface area contributed by atoms with Gasteiger partial charge in [0.1, 0.15) is 0 Å². The van der Waals surface area contributed by atoms with Gasteiger partial charge in [0.25, 0.3) is 0 Å². The third-order valence-corrected chi connectivity index (χ3v) is 3.14. The Kier molecular flexibility index (Phi) is 7.14. The SMILES string of the molecule is COP(=O)(OC)OP(=O)([O-])[O-].[Zn+2]. The fourth-order valence-electron chi connectivity index (χ4n) is 0.264. The van der Waals surface area contributed by atoms with Crippen molar-refractivity contribution in [2.75, 3.05) is 14.2 Å². The zero-order valence-electron chi connectivity index (χ0n) is 6.46. The maximum atomic E-state index is 10.7. The Morgan fingerprint density at radius 1 is 1.08 bits per heavy atom. The fraction of sp³-hybridized carbons (Fsp3) is 1.00. The zero-order chi connectivity index (χ0) is 9.12. The van der Waals surface area contributed by atoms with Gasteiger partial charge in [-0.1, -0.05) is 0 Å². The third-order valence-electron chi connectivity index (χ3n) is 0.647. The topological polar surface area (TPSA) is 108 Å². The van der Waals surface area contributed by atoms with Gasteiger partial charge in [-0.05, 0) is 0 Å². The second kappa shape index (κ2) is 5.58. The van der Waals surface area contributed by atoms with Crippen LogP contribution in [0.1, 0.15) is 0 Å². The molecule has 0 spiro atoms. The molecule has 0 aliphatic heterocycles. The molecular weight excluding hydrogens is 263 g/mol. The van der Waals surface area contributed by atoms with Gasteiger partial charge in [0.05, 0.1) is 7.82 Å². The van der Waals surface area contributed by atoms with Gasteiger partial charge in [0.15, 0.2) is 0 Å². The van der Waals surface area contributed by atoms with E-state index >= 15 is 0 Å². The van der Waals surface area contributed by atoms with Gasteiger partial charge in [-0.2, -0.15) is 0 Å². The molecule has 10 heteroatoms. The first-order valence-corrected chi connectivity index (χ1v) is 5.20. The third kappa shape index (κ3) is 6.40. The van der Waals surface area contributed by atoms with Crippen LogP contribution in [0.5, 0.6) is 0 Å². The second-order valence-electron chi connectivity index (χ2n) is 1.34. The van der Waals surface area contributed by atoms with Gasteiger partial charge in [-0.15, -0.1) is 0 Å². The fourth-order valence-corrected chi connectivity index (χ4v) is 1.93. The van der Waals surface area contributed by atoms with E-state index in [4.69, 9.17) is 0 Å². The van der Waals surface area contributed by atoms with Gasteiger partial charge in [0.2, 0.25) is 0 Å². The molecule has 0 atom stereocenters. The standard InChI is InChI=1S/C2H8O7P2.Zn/c1-7-11(6,8-2)9-10(3,4)5;/h1-2H3,(H2,3,4,5);/q;+2/p-2. The summed E-state index contributed by atoms with van der Waals surface area (Å²) < 4.78 is 32.1. The first-order chi connectivity index (χ1) is 4.83. The minimum Gasteiger partial charge on any atom is -0.789 e. The number of phosphoric ester groups is 1. The molecule has 0 heterocycles. The Hall–Kier alpha value is 0.883. The van der Waals surface area contributed by atoms with Gasteiger partial charge < -0.3 is 14.4 Å². The van der Waals surface area contributed by atoms with Crippen molar-refractivity contribution in [2.24, 2.45) is 0 Å². The van der Waals surface area contributed by atoms with E-state index in [1.165, 1.54) is 0 Å². The van der Waals surface area contributed by atoms with E-state index < -0.39 is 15.6 Å². The summed E-state index contributed by atoms with van der Waals surface area (Å²) in [6, 6.07) is 0. The van der Waals surface area contributed by atoms with E-state index in [-0.39, 0.29) is 19.5 Å². The van der Waals surface area contributed by atoms with Crippen LogP contribution in [0.2, 0.25) is 0 Å². The molecule has 0 saturated carbocycles. The maximum Gasteiger partial charge on any atom is 2.00 e. The van der Waals surface area contributed by atoms with Crippen molar-refractivity contribution in [1.82, 2.24) is 0 Å². The molecule has 12 heavy (non-hydrogen) atoms. The van der Waals surface area contributed by atoms with Crippen LogP contribution in [0, 0.1) is 0 Å². The van der Waals surface area contributed by atoms with E-state index in [1.807, 2.05) is 0 Å². The molecule has 7 nitrogen and oxygen atoms in total. The normalized spacial score (nSPS) is 12.3. The molecule has 0 rings (SSSR count). The Bertz CT molecular complexity index is 201. The second-order valence-corrected chi connectivity index (χ2v) is 4.51. The Morgan fingerprint density at radius 3 is 1.50 bits per heavy atom. The van der Waals surface area contributed by atoms with Crippen molar-refractivity contribution in [3.63, 3.8) is 0 Å². The van der Waals surface area contributed by atoms with Gasteiger partial charge >= 0.3 is 27.3 Å². The van der Waals surface area contributed by atoms with E-state index in [0.717, 1.165) is 14.2 Å². The molecule has 0 radical (unpaired) electrons. The van der Waals surface area contributed by atoms with E-state index in [2.05, 4.69) is 13.4 Å². The van der Waals surface area contributed by atoms with Crippen molar-refractivity contribution in [3.05, 3.63) is 0 Å². The van der Waals surface area contributed by atoms with Crippen molar-refractivity contribution in [1.29, 1.82) is 0 Å². The van der Waals surface area contributed by atoms with Crippen molar-refractivity contribution >= 4 is 15.6 Å². The summed E-state index contributed by atoms with van der Waals surface area (Å²) >= 11 is 0. The van der Waals surface area contributed by atoms with E-state index in [9.17, 15) is 18.9 Å². The molecule has 0 aromatic carbocycles. The van der Waals surface area contributed by atoms with Crippen LogP contribution in [0.3, 0.4) is 0 Å². The predicted octanol–water partition coefficient (Wildman–Crippen LogP) is -0.770. The van der Waals surface area contributed by atoms with Crippen molar-refractivity contribution in [3.8, 4) is 0 Å². The maximum absolute atomic E-state index is 10.7. The molecule has 0 N–H and O–H groups in total. The Balaban J connectivity index is 0. The molecule has 0 aromatic heterocycles. The van der Waals surface area contributed by atoms with Gasteiger partial charge in [-0.25, -0.2) is 4.57 Å². The van der Waals surface area contributed by atoms with Crippen LogP contribution in [0.4, 0.5) is 0 Å². The summed E-state index contributed by atoms with van der Waals surface area (Å²) in [5.74, 6) is 0. The van der Waals surface area contributed by atoms with Crippen LogP contribution in [0.15, 0.2) is 0 Å². The summed E-state index contributed by atoms with van der Waals surface area (Å²) in [6.45, 7) is 0. The number of rotatable bonds is 4. The minimum absolute atomic E-state index is 0. The Labute approximate surface area is 82.0 Å². The zero-order valence-corrected chi connectivity index (χ0v) is 11.2. The quantitative estimate of drug-likeness (QED) is 0.487. The number of phosphoric acid groups is 2. The first kappa shape index (κ1) is 15.4. The predicted molar refractivity (Wildman–Crippen MR) is 30.3 cm³/mol. The summed E-state index contributed by atoms with van der Waals surface area (Å²) in [7, 11) is -7.75. The molecule has 0 aliphatic carbocycles. The van der Waals surface area contributed by atoms with Crippen LogP contribution >= 0.6 is 15.6 Å². The minimum atomic E-state index is -5.33. The van der Waals surface area contributed by atoms with E-state index in [1.54, 1.807) is 0 Å². The summed E-state index contributed by atoms with van der Waals surface area (Å²) in [4.78, 5) is 19.8. The first-order valence-electron chi connectivity index (χ1n) is 2.28.